The first-order chi connectivity index (χ1) is 6.36. The molecule has 0 bridgehead atoms. The minimum Gasteiger partial charge on any atom is -0.311 e. The fraction of sp³-hybridized carbons (Fsp3) is 0.545. The lowest BCUT2D eigenvalue weighted by molar-refractivity contribution is 0.628. The zero-order chi connectivity index (χ0) is 9.10. The second-order valence-corrected chi connectivity index (χ2v) is 3.84. The molecule has 2 rings (SSSR count). The van der Waals surface area contributed by atoms with Crippen molar-refractivity contribution in [2.75, 3.05) is 6.54 Å². The predicted octanol–water partition coefficient (Wildman–Crippen LogP) is 1.89. The van der Waals surface area contributed by atoms with Gasteiger partial charge in [0.25, 0.3) is 0 Å². The Hall–Kier alpha value is -0.890. The number of pyridine rings is 1. The third kappa shape index (κ3) is 2.52. The molecule has 2 heteroatoms. The van der Waals surface area contributed by atoms with Gasteiger partial charge in [-0.25, -0.2) is 0 Å². The molecule has 1 fully saturated rings. The van der Waals surface area contributed by atoms with Crippen molar-refractivity contribution in [3.8, 4) is 0 Å². The Bertz CT molecular complexity index is 279. The van der Waals surface area contributed by atoms with Crippen LogP contribution in [0.1, 0.15) is 24.1 Å². The van der Waals surface area contributed by atoms with E-state index < -0.39 is 0 Å². The fourth-order valence-electron chi connectivity index (χ4n) is 1.42. The maximum atomic E-state index is 4.33. The van der Waals surface area contributed by atoms with Crippen molar-refractivity contribution in [2.45, 2.75) is 26.3 Å². The van der Waals surface area contributed by atoms with Gasteiger partial charge in [-0.05, 0) is 43.9 Å². The van der Waals surface area contributed by atoms with E-state index in [0.29, 0.717) is 0 Å². The quantitative estimate of drug-likeness (QED) is 0.757. The van der Waals surface area contributed by atoms with E-state index in [1.54, 1.807) is 0 Å². The highest BCUT2D eigenvalue weighted by molar-refractivity contribution is 5.17. The first kappa shape index (κ1) is 8.70. The third-order valence-corrected chi connectivity index (χ3v) is 2.54. The van der Waals surface area contributed by atoms with Gasteiger partial charge in [0.2, 0.25) is 0 Å². The van der Waals surface area contributed by atoms with Crippen LogP contribution in [-0.4, -0.2) is 11.5 Å². The van der Waals surface area contributed by atoms with E-state index in [9.17, 15) is 0 Å². The lowest BCUT2D eigenvalue weighted by Crippen LogP contribution is -2.17. The number of hydrogen-bond donors (Lipinski definition) is 1. The van der Waals surface area contributed by atoms with E-state index in [-0.39, 0.29) is 0 Å². The van der Waals surface area contributed by atoms with Gasteiger partial charge in [-0.2, -0.15) is 0 Å². The molecule has 0 aromatic carbocycles. The SMILES string of the molecule is Cc1cccnc1CNCC1CC1. The average Bonchev–Trinajstić information content (AvgIpc) is 2.92. The van der Waals surface area contributed by atoms with Crippen molar-refractivity contribution < 1.29 is 0 Å². The standard InChI is InChI=1S/C11H16N2/c1-9-3-2-6-13-11(9)8-12-7-10-4-5-10/h2-3,6,10,12H,4-5,7-8H2,1H3. The topological polar surface area (TPSA) is 24.9 Å². The van der Waals surface area contributed by atoms with Crippen molar-refractivity contribution in [2.24, 2.45) is 5.92 Å². The molecule has 0 atom stereocenters. The molecule has 2 nitrogen and oxygen atoms in total. The summed E-state index contributed by atoms with van der Waals surface area (Å²) in [5.41, 5.74) is 2.47. The van der Waals surface area contributed by atoms with Crippen LogP contribution in [0.2, 0.25) is 0 Å². The molecule has 0 aliphatic heterocycles. The largest absolute Gasteiger partial charge is 0.311 e. The second kappa shape index (κ2) is 3.88. The Balaban J connectivity index is 1.82. The molecule has 0 unspecified atom stereocenters. The minimum absolute atomic E-state index is 0.920. The summed E-state index contributed by atoms with van der Waals surface area (Å²) in [6.45, 7) is 4.19. The van der Waals surface area contributed by atoms with E-state index in [1.165, 1.54) is 24.1 Å². The number of hydrogen-bond acceptors (Lipinski definition) is 2. The van der Waals surface area contributed by atoms with Gasteiger partial charge in [-0.15, -0.1) is 0 Å². The molecule has 0 saturated heterocycles. The van der Waals surface area contributed by atoms with Crippen LogP contribution in [0.15, 0.2) is 18.3 Å². The maximum Gasteiger partial charge on any atom is 0.0570 e. The Kier molecular flexibility index (Phi) is 2.60. The predicted molar refractivity (Wildman–Crippen MR) is 53.4 cm³/mol. The lowest BCUT2D eigenvalue weighted by atomic mass is 10.2. The Morgan fingerprint density at radius 2 is 2.38 bits per heavy atom. The number of nitrogens with one attached hydrogen (secondary N) is 1. The first-order valence-corrected chi connectivity index (χ1v) is 4.97. The van der Waals surface area contributed by atoms with E-state index >= 15 is 0 Å². The highest BCUT2D eigenvalue weighted by Gasteiger charge is 2.20. The average molecular weight is 176 g/mol. The molecule has 1 N–H and O–H groups in total. The third-order valence-electron chi connectivity index (χ3n) is 2.54. The van der Waals surface area contributed by atoms with Gasteiger partial charge in [0.15, 0.2) is 0 Å². The molecule has 1 heterocycles. The summed E-state index contributed by atoms with van der Waals surface area (Å²) in [5.74, 6) is 0.948. The molecule has 70 valence electrons. The molecule has 1 saturated carbocycles. The normalized spacial score (nSPS) is 16.1. The highest BCUT2D eigenvalue weighted by atomic mass is 14.9. The van der Waals surface area contributed by atoms with Crippen LogP contribution in [-0.2, 0) is 6.54 Å². The van der Waals surface area contributed by atoms with Crippen LogP contribution < -0.4 is 5.32 Å². The second-order valence-electron chi connectivity index (χ2n) is 3.84. The first-order valence-electron chi connectivity index (χ1n) is 4.97. The fourth-order valence-corrected chi connectivity index (χ4v) is 1.42. The van der Waals surface area contributed by atoms with Crippen molar-refractivity contribution in [3.63, 3.8) is 0 Å². The van der Waals surface area contributed by atoms with Crippen LogP contribution >= 0.6 is 0 Å². The lowest BCUT2D eigenvalue weighted by Gasteiger charge is -2.05. The monoisotopic (exact) mass is 176 g/mol. The number of aryl methyl sites for hydroxylation is 1. The molecule has 13 heavy (non-hydrogen) atoms. The Labute approximate surface area is 79.4 Å². The molecule has 1 aliphatic rings. The van der Waals surface area contributed by atoms with Crippen LogP contribution in [0.4, 0.5) is 0 Å². The summed E-state index contributed by atoms with van der Waals surface area (Å²) in [6, 6.07) is 4.10. The van der Waals surface area contributed by atoms with Crippen LogP contribution in [0.3, 0.4) is 0 Å². The van der Waals surface area contributed by atoms with Crippen molar-refractivity contribution in [1.29, 1.82) is 0 Å². The van der Waals surface area contributed by atoms with E-state index in [4.69, 9.17) is 0 Å². The molecule has 1 aliphatic carbocycles. The molecule has 1 aromatic heterocycles. The zero-order valence-corrected chi connectivity index (χ0v) is 8.09. The molecular formula is C11H16N2. The van der Waals surface area contributed by atoms with Crippen molar-refractivity contribution >= 4 is 0 Å². The minimum atomic E-state index is 0.920. The highest BCUT2D eigenvalue weighted by Crippen LogP contribution is 2.27. The van der Waals surface area contributed by atoms with Crippen LogP contribution in [0.25, 0.3) is 0 Å². The van der Waals surface area contributed by atoms with E-state index in [2.05, 4.69) is 23.3 Å². The molecular weight excluding hydrogens is 160 g/mol. The van der Waals surface area contributed by atoms with Crippen molar-refractivity contribution in [1.82, 2.24) is 10.3 Å². The van der Waals surface area contributed by atoms with Crippen LogP contribution in [0.5, 0.6) is 0 Å². The maximum absolute atomic E-state index is 4.33. The molecule has 0 spiro atoms. The summed E-state index contributed by atoms with van der Waals surface area (Å²) >= 11 is 0. The van der Waals surface area contributed by atoms with Gasteiger partial charge in [0.05, 0.1) is 5.69 Å². The van der Waals surface area contributed by atoms with Crippen LogP contribution in [0, 0.1) is 12.8 Å². The van der Waals surface area contributed by atoms with Gasteiger partial charge in [0.1, 0.15) is 0 Å². The molecule has 0 amide bonds. The van der Waals surface area contributed by atoms with E-state index in [0.717, 1.165) is 19.0 Å². The Morgan fingerprint density at radius 3 is 3.08 bits per heavy atom. The van der Waals surface area contributed by atoms with Gasteiger partial charge < -0.3 is 5.32 Å². The Morgan fingerprint density at radius 1 is 1.54 bits per heavy atom. The molecule has 0 radical (unpaired) electrons. The van der Waals surface area contributed by atoms with Crippen molar-refractivity contribution in [3.05, 3.63) is 29.6 Å². The summed E-state index contributed by atoms with van der Waals surface area (Å²) < 4.78 is 0. The van der Waals surface area contributed by atoms with E-state index in [1.807, 2.05) is 12.3 Å². The van der Waals surface area contributed by atoms with Gasteiger partial charge in [-0.3, -0.25) is 4.98 Å². The summed E-state index contributed by atoms with van der Waals surface area (Å²) in [4.78, 5) is 4.33. The summed E-state index contributed by atoms with van der Waals surface area (Å²) in [7, 11) is 0. The number of aromatic nitrogens is 1. The van der Waals surface area contributed by atoms with Gasteiger partial charge in [-0.1, -0.05) is 6.07 Å². The van der Waals surface area contributed by atoms with Gasteiger partial charge in [0, 0.05) is 12.7 Å². The number of nitrogens with zero attached hydrogens (tertiary/aromatic N) is 1. The zero-order valence-electron chi connectivity index (χ0n) is 8.09. The van der Waals surface area contributed by atoms with Gasteiger partial charge >= 0.3 is 0 Å². The molecule has 1 aromatic rings. The smallest absolute Gasteiger partial charge is 0.0570 e. The summed E-state index contributed by atoms with van der Waals surface area (Å²) in [5, 5.41) is 3.44. The number of rotatable bonds is 4. The summed E-state index contributed by atoms with van der Waals surface area (Å²) in [6.07, 6.45) is 4.68.